The minimum absolute atomic E-state index is 0.0128. The number of nitrogens with one attached hydrogen (secondary N) is 1. The monoisotopic (exact) mass is 290 g/mol. The first-order chi connectivity index (χ1) is 9.90. The maximum absolute atomic E-state index is 12.1. The summed E-state index contributed by atoms with van der Waals surface area (Å²) in [4.78, 5) is 36.9. The number of hydrogen-bond donors (Lipinski definition) is 2. The molecule has 9 nitrogen and oxygen atoms in total. The Labute approximate surface area is 118 Å². The number of carbonyl (C=O) groups excluding carboxylic acids is 1. The van der Waals surface area contributed by atoms with Crippen LogP contribution in [0.25, 0.3) is 0 Å². The summed E-state index contributed by atoms with van der Waals surface area (Å²) >= 11 is 0. The van der Waals surface area contributed by atoms with Crippen molar-refractivity contribution < 1.29 is 19.6 Å². The molecule has 0 spiro atoms. The number of nitro groups is 1. The fourth-order valence-corrected chi connectivity index (χ4v) is 1.74. The Morgan fingerprint density at radius 3 is 2.76 bits per heavy atom. The molecule has 21 heavy (non-hydrogen) atoms. The number of aromatic nitrogens is 2. The Morgan fingerprint density at radius 2 is 2.19 bits per heavy atom. The fourth-order valence-electron chi connectivity index (χ4n) is 1.74. The molecular weight excluding hydrogens is 280 g/mol. The standard InChI is InChI=1S/C12H10N4O5/c1-15-6-7(16(20)21)4-10(15)11(17)14-9-5-13-3-2-8(9)12(18)19/h2-6H,1H3,(H,14,17)(H,18,19). The zero-order valence-electron chi connectivity index (χ0n) is 10.8. The van der Waals surface area contributed by atoms with E-state index in [1.54, 1.807) is 0 Å². The quantitative estimate of drug-likeness (QED) is 0.644. The summed E-state index contributed by atoms with van der Waals surface area (Å²) in [5, 5.41) is 22.0. The lowest BCUT2D eigenvalue weighted by atomic mass is 10.2. The lowest BCUT2D eigenvalue weighted by Crippen LogP contribution is -2.17. The largest absolute Gasteiger partial charge is 0.478 e. The molecule has 0 atom stereocenters. The summed E-state index contributed by atoms with van der Waals surface area (Å²) in [6, 6.07) is 2.34. The predicted octanol–water partition coefficient (Wildman–Crippen LogP) is 1.28. The molecule has 2 aromatic rings. The SMILES string of the molecule is Cn1cc([N+](=O)[O-])cc1C(=O)Nc1cnccc1C(=O)O. The van der Waals surface area contributed by atoms with Crippen LogP contribution in [0.15, 0.2) is 30.7 Å². The molecule has 2 rings (SSSR count). The third-order valence-electron chi connectivity index (χ3n) is 2.73. The topological polar surface area (TPSA) is 127 Å². The zero-order chi connectivity index (χ0) is 15.6. The first-order valence-electron chi connectivity index (χ1n) is 5.69. The summed E-state index contributed by atoms with van der Waals surface area (Å²) < 4.78 is 1.28. The molecule has 1 amide bonds. The lowest BCUT2D eigenvalue weighted by Gasteiger charge is -2.07. The van der Waals surface area contributed by atoms with Crippen LogP contribution in [0.4, 0.5) is 11.4 Å². The number of carboxylic acid groups (broad SMARTS) is 1. The van der Waals surface area contributed by atoms with Crippen molar-refractivity contribution in [3.63, 3.8) is 0 Å². The van der Waals surface area contributed by atoms with Gasteiger partial charge in [0, 0.05) is 19.3 Å². The van der Waals surface area contributed by atoms with E-state index in [0.29, 0.717) is 0 Å². The third-order valence-corrected chi connectivity index (χ3v) is 2.73. The molecule has 108 valence electrons. The predicted molar refractivity (Wildman–Crippen MR) is 71.2 cm³/mol. The number of aromatic carboxylic acids is 1. The van der Waals surface area contributed by atoms with E-state index < -0.39 is 16.8 Å². The normalized spacial score (nSPS) is 10.1. The highest BCUT2D eigenvalue weighted by Crippen LogP contribution is 2.18. The third kappa shape index (κ3) is 2.86. The van der Waals surface area contributed by atoms with Crippen molar-refractivity contribution >= 4 is 23.3 Å². The zero-order valence-corrected chi connectivity index (χ0v) is 10.8. The van der Waals surface area contributed by atoms with E-state index in [-0.39, 0.29) is 22.6 Å². The second-order valence-electron chi connectivity index (χ2n) is 4.13. The van der Waals surface area contributed by atoms with Crippen LogP contribution in [-0.2, 0) is 7.05 Å². The molecule has 0 radical (unpaired) electrons. The summed E-state index contributed by atoms with van der Waals surface area (Å²) in [6.07, 6.45) is 3.67. The van der Waals surface area contributed by atoms with Crippen LogP contribution in [-0.4, -0.2) is 31.5 Å². The molecule has 0 saturated carbocycles. The van der Waals surface area contributed by atoms with Crippen molar-refractivity contribution in [2.24, 2.45) is 7.05 Å². The average molecular weight is 290 g/mol. The van der Waals surface area contributed by atoms with Crippen molar-refractivity contribution in [2.45, 2.75) is 0 Å². The second-order valence-corrected chi connectivity index (χ2v) is 4.13. The highest BCUT2D eigenvalue weighted by atomic mass is 16.6. The van der Waals surface area contributed by atoms with Gasteiger partial charge >= 0.3 is 5.97 Å². The van der Waals surface area contributed by atoms with E-state index in [4.69, 9.17) is 5.11 Å². The van der Waals surface area contributed by atoms with Crippen LogP contribution < -0.4 is 5.32 Å². The Hall–Kier alpha value is -3.23. The van der Waals surface area contributed by atoms with Gasteiger partial charge in [-0.2, -0.15) is 0 Å². The highest BCUT2D eigenvalue weighted by Gasteiger charge is 2.19. The van der Waals surface area contributed by atoms with Gasteiger partial charge in [0.2, 0.25) is 0 Å². The van der Waals surface area contributed by atoms with Crippen LogP contribution in [0.5, 0.6) is 0 Å². The van der Waals surface area contributed by atoms with Gasteiger partial charge in [-0.05, 0) is 6.07 Å². The van der Waals surface area contributed by atoms with Gasteiger partial charge < -0.3 is 15.0 Å². The summed E-state index contributed by atoms with van der Waals surface area (Å²) in [7, 11) is 1.48. The Bertz CT molecular complexity index is 737. The van der Waals surface area contributed by atoms with Crippen molar-refractivity contribution in [3.05, 3.63) is 52.1 Å². The van der Waals surface area contributed by atoms with Gasteiger partial charge in [-0.3, -0.25) is 19.9 Å². The molecule has 0 unspecified atom stereocenters. The Morgan fingerprint density at radius 1 is 1.48 bits per heavy atom. The summed E-state index contributed by atoms with van der Waals surface area (Å²) in [6.45, 7) is 0. The van der Waals surface area contributed by atoms with E-state index in [1.807, 2.05) is 0 Å². The molecule has 0 aromatic carbocycles. The maximum Gasteiger partial charge on any atom is 0.337 e. The number of nitrogens with zero attached hydrogens (tertiary/aromatic N) is 3. The summed E-state index contributed by atoms with van der Waals surface area (Å²) in [5.41, 5.74) is -0.310. The fraction of sp³-hybridized carbons (Fsp3) is 0.0833. The van der Waals surface area contributed by atoms with Gasteiger partial charge in [0.25, 0.3) is 11.6 Å². The highest BCUT2D eigenvalue weighted by molar-refractivity contribution is 6.07. The van der Waals surface area contributed by atoms with Gasteiger partial charge in [-0.15, -0.1) is 0 Å². The van der Waals surface area contributed by atoms with E-state index in [9.17, 15) is 19.7 Å². The Kier molecular flexibility index (Phi) is 3.65. The molecular formula is C12H10N4O5. The first-order valence-corrected chi connectivity index (χ1v) is 5.69. The van der Waals surface area contributed by atoms with E-state index in [0.717, 1.165) is 6.07 Å². The van der Waals surface area contributed by atoms with Crippen molar-refractivity contribution in [1.29, 1.82) is 0 Å². The lowest BCUT2D eigenvalue weighted by molar-refractivity contribution is -0.384. The number of pyridine rings is 1. The first kappa shape index (κ1) is 14.2. The molecule has 2 heterocycles. The number of amides is 1. The van der Waals surface area contributed by atoms with Gasteiger partial charge in [-0.1, -0.05) is 0 Å². The van der Waals surface area contributed by atoms with Gasteiger partial charge in [0.1, 0.15) is 5.69 Å². The van der Waals surface area contributed by atoms with Crippen LogP contribution in [0.3, 0.4) is 0 Å². The van der Waals surface area contributed by atoms with E-state index in [1.165, 1.54) is 36.3 Å². The second kappa shape index (κ2) is 5.41. The van der Waals surface area contributed by atoms with Gasteiger partial charge in [-0.25, -0.2) is 4.79 Å². The van der Waals surface area contributed by atoms with Gasteiger partial charge in [0.15, 0.2) is 0 Å². The number of anilines is 1. The van der Waals surface area contributed by atoms with E-state index >= 15 is 0 Å². The molecule has 0 aliphatic rings. The minimum Gasteiger partial charge on any atom is -0.478 e. The number of rotatable bonds is 4. The molecule has 9 heteroatoms. The molecule has 2 N–H and O–H groups in total. The maximum atomic E-state index is 12.1. The number of carboxylic acids is 1. The molecule has 2 aromatic heterocycles. The van der Waals surface area contributed by atoms with Crippen molar-refractivity contribution in [2.75, 3.05) is 5.32 Å². The van der Waals surface area contributed by atoms with Gasteiger partial charge in [0.05, 0.1) is 28.6 Å². The smallest absolute Gasteiger partial charge is 0.337 e. The number of hydrogen-bond acceptors (Lipinski definition) is 5. The number of aryl methyl sites for hydroxylation is 1. The molecule has 0 fully saturated rings. The molecule has 0 saturated heterocycles. The van der Waals surface area contributed by atoms with Crippen LogP contribution in [0.2, 0.25) is 0 Å². The average Bonchev–Trinajstić information content (AvgIpc) is 2.81. The molecule has 0 bridgehead atoms. The number of carbonyl (C=O) groups is 2. The van der Waals surface area contributed by atoms with Crippen molar-refractivity contribution in [1.82, 2.24) is 9.55 Å². The molecule has 0 aliphatic carbocycles. The minimum atomic E-state index is -1.22. The summed E-state index contributed by atoms with van der Waals surface area (Å²) in [5.74, 6) is -1.88. The Balaban J connectivity index is 2.31. The van der Waals surface area contributed by atoms with E-state index in [2.05, 4.69) is 10.3 Å². The van der Waals surface area contributed by atoms with Crippen molar-refractivity contribution in [3.8, 4) is 0 Å². The van der Waals surface area contributed by atoms with Crippen LogP contribution >= 0.6 is 0 Å². The van der Waals surface area contributed by atoms with Crippen LogP contribution in [0.1, 0.15) is 20.8 Å². The van der Waals surface area contributed by atoms with Crippen LogP contribution in [0, 0.1) is 10.1 Å². The molecule has 0 aliphatic heterocycles.